The lowest BCUT2D eigenvalue weighted by Gasteiger charge is -2.28. The van der Waals surface area contributed by atoms with Gasteiger partial charge in [-0.1, -0.05) is 43.7 Å². The number of amides is 2. The molecule has 0 aliphatic heterocycles. The number of carboxylic acids is 1. The van der Waals surface area contributed by atoms with Gasteiger partial charge in [-0.25, -0.2) is 4.79 Å². The Kier molecular flexibility index (Phi) is 7.76. The van der Waals surface area contributed by atoms with Crippen LogP contribution in [0.1, 0.15) is 57.4 Å². The average Bonchev–Trinajstić information content (AvgIpc) is 2.61. The van der Waals surface area contributed by atoms with Crippen LogP contribution in [-0.2, 0) is 11.2 Å². The molecule has 0 heterocycles. The maximum atomic E-state index is 12.3. The van der Waals surface area contributed by atoms with Crippen LogP contribution in [0.15, 0.2) is 30.3 Å². The number of carbonyl (C=O) groups excluding carboxylic acids is 1. The Morgan fingerprint density at radius 1 is 1.12 bits per heavy atom. The molecule has 5 nitrogen and oxygen atoms in total. The number of nitrogens with one attached hydrogen (secondary N) is 2. The van der Waals surface area contributed by atoms with Gasteiger partial charge in [0.2, 0.25) is 0 Å². The maximum absolute atomic E-state index is 12.3. The molecule has 0 aromatic heterocycles. The number of hydrogen-bond acceptors (Lipinski definition) is 2. The average molecular weight is 346 g/mol. The van der Waals surface area contributed by atoms with E-state index in [1.165, 1.54) is 5.56 Å². The van der Waals surface area contributed by atoms with Crippen LogP contribution >= 0.6 is 0 Å². The number of rotatable bonds is 8. The van der Waals surface area contributed by atoms with Crippen molar-refractivity contribution >= 4 is 12.0 Å². The second-order valence-corrected chi connectivity index (χ2v) is 7.01. The van der Waals surface area contributed by atoms with E-state index in [-0.39, 0.29) is 24.0 Å². The van der Waals surface area contributed by atoms with E-state index in [0.717, 1.165) is 38.5 Å². The van der Waals surface area contributed by atoms with Gasteiger partial charge in [0.1, 0.15) is 0 Å². The topological polar surface area (TPSA) is 78.4 Å². The van der Waals surface area contributed by atoms with Crippen molar-refractivity contribution < 1.29 is 14.7 Å². The molecule has 25 heavy (non-hydrogen) atoms. The highest BCUT2D eigenvalue weighted by molar-refractivity contribution is 5.74. The van der Waals surface area contributed by atoms with Crippen LogP contribution in [0.2, 0.25) is 0 Å². The van der Waals surface area contributed by atoms with Gasteiger partial charge in [0.05, 0.1) is 5.92 Å². The van der Waals surface area contributed by atoms with Crippen LogP contribution in [-0.4, -0.2) is 29.2 Å². The van der Waals surface area contributed by atoms with E-state index >= 15 is 0 Å². The third-order valence-corrected chi connectivity index (χ3v) is 5.01. The number of urea groups is 1. The molecule has 0 spiro atoms. The van der Waals surface area contributed by atoms with Gasteiger partial charge in [0.25, 0.3) is 0 Å². The zero-order valence-electron chi connectivity index (χ0n) is 15.0. The first kappa shape index (κ1) is 19.3. The van der Waals surface area contributed by atoms with Crippen LogP contribution in [0, 0.1) is 5.92 Å². The molecule has 138 valence electrons. The molecule has 2 rings (SSSR count). The standard InChI is InChI=1S/C20H30N2O3/c1-2-6-17(12-9-15-7-4-3-5-8-15)21-20(25)22-18-13-10-16(11-14-18)19(23)24/h3-5,7-8,16-18H,2,6,9-14H2,1H3,(H,23,24)(H2,21,22,25). The summed E-state index contributed by atoms with van der Waals surface area (Å²) in [5.41, 5.74) is 1.29. The third-order valence-electron chi connectivity index (χ3n) is 5.01. The first-order valence-corrected chi connectivity index (χ1v) is 9.42. The molecule has 1 saturated carbocycles. The quantitative estimate of drug-likeness (QED) is 0.671. The Bertz CT molecular complexity index is 539. The highest BCUT2D eigenvalue weighted by atomic mass is 16.4. The Morgan fingerprint density at radius 3 is 2.40 bits per heavy atom. The fraction of sp³-hybridized carbons (Fsp3) is 0.600. The van der Waals surface area contributed by atoms with Gasteiger partial charge in [0.15, 0.2) is 0 Å². The number of aryl methyl sites for hydroxylation is 1. The fourth-order valence-electron chi connectivity index (χ4n) is 3.52. The van der Waals surface area contributed by atoms with Gasteiger partial charge in [-0.3, -0.25) is 4.79 Å². The molecular weight excluding hydrogens is 316 g/mol. The molecule has 1 aliphatic carbocycles. The Morgan fingerprint density at radius 2 is 1.80 bits per heavy atom. The number of carbonyl (C=O) groups is 2. The molecule has 1 atom stereocenters. The van der Waals surface area contributed by atoms with Crippen molar-refractivity contribution in [2.75, 3.05) is 0 Å². The summed E-state index contributed by atoms with van der Waals surface area (Å²) < 4.78 is 0. The fourth-order valence-corrected chi connectivity index (χ4v) is 3.52. The van der Waals surface area contributed by atoms with Crippen LogP contribution in [0.25, 0.3) is 0 Å². The summed E-state index contributed by atoms with van der Waals surface area (Å²) in [6.45, 7) is 2.13. The molecule has 2 amide bonds. The van der Waals surface area contributed by atoms with Crippen molar-refractivity contribution in [3.8, 4) is 0 Å². The summed E-state index contributed by atoms with van der Waals surface area (Å²) >= 11 is 0. The lowest BCUT2D eigenvalue weighted by atomic mass is 9.86. The lowest BCUT2D eigenvalue weighted by Crippen LogP contribution is -2.47. The largest absolute Gasteiger partial charge is 0.481 e. The second kappa shape index (κ2) is 10.1. The van der Waals surface area contributed by atoms with Crippen molar-refractivity contribution in [3.63, 3.8) is 0 Å². The smallest absolute Gasteiger partial charge is 0.315 e. The van der Waals surface area contributed by atoms with Gasteiger partial charge in [-0.05, 0) is 50.5 Å². The molecule has 1 unspecified atom stereocenters. The molecule has 1 fully saturated rings. The highest BCUT2D eigenvalue weighted by Crippen LogP contribution is 2.24. The molecule has 1 aromatic carbocycles. The SMILES string of the molecule is CCCC(CCc1ccccc1)NC(=O)NC1CCC(C(=O)O)CC1. The molecule has 0 bridgehead atoms. The van der Waals surface area contributed by atoms with Gasteiger partial charge < -0.3 is 15.7 Å². The highest BCUT2D eigenvalue weighted by Gasteiger charge is 2.27. The maximum Gasteiger partial charge on any atom is 0.315 e. The van der Waals surface area contributed by atoms with E-state index in [1.54, 1.807) is 0 Å². The van der Waals surface area contributed by atoms with Crippen molar-refractivity contribution in [2.45, 2.75) is 70.4 Å². The molecule has 3 N–H and O–H groups in total. The zero-order chi connectivity index (χ0) is 18.1. The summed E-state index contributed by atoms with van der Waals surface area (Å²) in [6.07, 6.45) is 6.65. The van der Waals surface area contributed by atoms with Crippen LogP contribution in [0.3, 0.4) is 0 Å². The first-order valence-electron chi connectivity index (χ1n) is 9.42. The monoisotopic (exact) mass is 346 g/mol. The number of aliphatic carboxylic acids is 1. The predicted octanol–water partition coefficient (Wildman–Crippen LogP) is 3.73. The van der Waals surface area contributed by atoms with E-state index in [1.807, 2.05) is 18.2 Å². The van der Waals surface area contributed by atoms with E-state index < -0.39 is 5.97 Å². The minimum absolute atomic E-state index is 0.0898. The van der Waals surface area contributed by atoms with Crippen LogP contribution < -0.4 is 10.6 Å². The zero-order valence-corrected chi connectivity index (χ0v) is 15.0. The normalized spacial score (nSPS) is 21.3. The summed E-state index contributed by atoms with van der Waals surface area (Å²) in [7, 11) is 0. The molecular formula is C20H30N2O3. The van der Waals surface area contributed by atoms with Crippen molar-refractivity contribution in [1.82, 2.24) is 10.6 Å². The minimum Gasteiger partial charge on any atom is -0.481 e. The number of benzene rings is 1. The minimum atomic E-state index is -0.716. The molecule has 0 saturated heterocycles. The lowest BCUT2D eigenvalue weighted by molar-refractivity contribution is -0.142. The summed E-state index contributed by atoms with van der Waals surface area (Å²) in [4.78, 5) is 23.3. The summed E-state index contributed by atoms with van der Waals surface area (Å²) in [5, 5.41) is 15.2. The van der Waals surface area contributed by atoms with Gasteiger partial charge in [-0.15, -0.1) is 0 Å². The van der Waals surface area contributed by atoms with Crippen molar-refractivity contribution in [2.24, 2.45) is 5.92 Å². The summed E-state index contributed by atoms with van der Waals surface area (Å²) in [6, 6.07) is 10.5. The van der Waals surface area contributed by atoms with Crippen molar-refractivity contribution in [3.05, 3.63) is 35.9 Å². The van der Waals surface area contributed by atoms with Gasteiger partial charge in [0, 0.05) is 12.1 Å². The molecule has 1 aromatic rings. The second-order valence-electron chi connectivity index (χ2n) is 7.01. The molecule has 5 heteroatoms. The first-order chi connectivity index (χ1) is 12.1. The Balaban J connectivity index is 1.75. The van der Waals surface area contributed by atoms with Crippen LogP contribution in [0.4, 0.5) is 4.79 Å². The third kappa shape index (κ3) is 6.77. The van der Waals surface area contributed by atoms with Gasteiger partial charge in [-0.2, -0.15) is 0 Å². The van der Waals surface area contributed by atoms with Crippen molar-refractivity contribution in [1.29, 1.82) is 0 Å². The van der Waals surface area contributed by atoms with E-state index in [0.29, 0.717) is 12.8 Å². The number of carboxylic acid groups (broad SMARTS) is 1. The van der Waals surface area contributed by atoms with E-state index in [2.05, 4.69) is 29.7 Å². The van der Waals surface area contributed by atoms with Crippen LogP contribution in [0.5, 0.6) is 0 Å². The molecule has 1 aliphatic rings. The summed E-state index contributed by atoms with van der Waals surface area (Å²) in [5.74, 6) is -0.966. The van der Waals surface area contributed by atoms with E-state index in [9.17, 15) is 9.59 Å². The predicted molar refractivity (Wildman–Crippen MR) is 98.5 cm³/mol. The Labute approximate surface area is 150 Å². The number of hydrogen-bond donors (Lipinski definition) is 3. The molecule has 0 radical (unpaired) electrons. The Hall–Kier alpha value is -2.04. The van der Waals surface area contributed by atoms with E-state index in [4.69, 9.17) is 5.11 Å². The van der Waals surface area contributed by atoms with Gasteiger partial charge >= 0.3 is 12.0 Å².